The second-order valence-electron chi connectivity index (χ2n) is 4.22. The zero-order valence-corrected chi connectivity index (χ0v) is 11.6. The number of ketones is 1. The largest absolute Gasteiger partial charge is 0.287 e. The maximum atomic E-state index is 12.5. The molecular formula is C16H10BrNO. The third-order valence-corrected chi connectivity index (χ3v) is 3.52. The third kappa shape index (κ3) is 2.29. The molecule has 0 radical (unpaired) electrons. The first kappa shape index (κ1) is 12.1. The van der Waals surface area contributed by atoms with E-state index in [1.807, 2.05) is 42.5 Å². The highest BCUT2D eigenvalue weighted by Gasteiger charge is 2.13. The molecule has 3 heteroatoms. The minimum atomic E-state index is -0.0516. The summed E-state index contributed by atoms with van der Waals surface area (Å²) in [6.45, 7) is 0. The Hall–Kier alpha value is -2.00. The van der Waals surface area contributed by atoms with Gasteiger partial charge in [-0.15, -0.1) is 0 Å². The number of halogens is 1. The maximum Gasteiger partial charge on any atom is 0.211 e. The molecule has 2 nitrogen and oxygen atoms in total. The van der Waals surface area contributed by atoms with Crippen molar-refractivity contribution in [2.24, 2.45) is 0 Å². The van der Waals surface area contributed by atoms with Gasteiger partial charge in [0.05, 0.1) is 0 Å². The van der Waals surface area contributed by atoms with Crippen LogP contribution in [0.4, 0.5) is 0 Å². The molecule has 0 unspecified atom stereocenters. The topological polar surface area (TPSA) is 30.0 Å². The van der Waals surface area contributed by atoms with E-state index in [1.54, 1.807) is 18.3 Å². The van der Waals surface area contributed by atoms with Crippen molar-refractivity contribution >= 4 is 32.5 Å². The highest BCUT2D eigenvalue weighted by molar-refractivity contribution is 9.10. The fourth-order valence-electron chi connectivity index (χ4n) is 2.04. The Kier molecular flexibility index (Phi) is 3.13. The highest BCUT2D eigenvalue weighted by atomic mass is 79.9. The van der Waals surface area contributed by atoms with Gasteiger partial charge in [-0.05, 0) is 35.7 Å². The summed E-state index contributed by atoms with van der Waals surface area (Å²) < 4.78 is 0.954. The molecule has 0 N–H and O–H groups in total. The molecule has 0 aliphatic heterocycles. The van der Waals surface area contributed by atoms with Crippen LogP contribution in [0.15, 0.2) is 65.3 Å². The van der Waals surface area contributed by atoms with Crippen molar-refractivity contribution < 1.29 is 4.79 Å². The minimum Gasteiger partial charge on any atom is -0.287 e. The van der Waals surface area contributed by atoms with Crippen molar-refractivity contribution in [2.75, 3.05) is 0 Å². The zero-order chi connectivity index (χ0) is 13.2. The van der Waals surface area contributed by atoms with Crippen molar-refractivity contribution in [2.45, 2.75) is 0 Å². The molecule has 1 heterocycles. The van der Waals surface area contributed by atoms with Crippen LogP contribution in [0.2, 0.25) is 0 Å². The molecule has 2 aromatic carbocycles. The molecule has 0 bridgehead atoms. The molecule has 0 fully saturated rings. The van der Waals surface area contributed by atoms with Gasteiger partial charge in [-0.1, -0.05) is 40.2 Å². The lowest BCUT2D eigenvalue weighted by atomic mass is 10.0. The van der Waals surface area contributed by atoms with Gasteiger partial charge in [-0.25, -0.2) is 0 Å². The van der Waals surface area contributed by atoms with Gasteiger partial charge in [-0.3, -0.25) is 9.78 Å². The van der Waals surface area contributed by atoms with Crippen LogP contribution in [0.3, 0.4) is 0 Å². The van der Waals surface area contributed by atoms with Crippen LogP contribution in [0.5, 0.6) is 0 Å². The normalized spacial score (nSPS) is 10.6. The van der Waals surface area contributed by atoms with Gasteiger partial charge in [0.1, 0.15) is 5.69 Å². The SMILES string of the molecule is O=C(c1ccc(Br)cc1)c1nccc2ccccc12. The van der Waals surface area contributed by atoms with Crippen molar-refractivity contribution in [1.82, 2.24) is 4.98 Å². The summed E-state index contributed by atoms with van der Waals surface area (Å²) in [5.74, 6) is -0.0516. The van der Waals surface area contributed by atoms with Crippen molar-refractivity contribution in [3.8, 4) is 0 Å². The third-order valence-electron chi connectivity index (χ3n) is 3.00. The Morgan fingerprint density at radius 2 is 1.68 bits per heavy atom. The van der Waals surface area contributed by atoms with Crippen molar-refractivity contribution in [1.29, 1.82) is 0 Å². The van der Waals surface area contributed by atoms with Crippen LogP contribution in [0, 0.1) is 0 Å². The van der Waals surface area contributed by atoms with E-state index in [0.717, 1.165) is 15.2 Å². The molecule has 0 saturated carbocycles. The van der Waals surface area contributed by atoms with Crippen LogP contribution >= 0.6 is 15.9 Å². The van der Waals surface area contributed by atoms with E-state index in [9.17, 15) is 4.79 Å². The summed E-state index contributed by atoms with van der Waals surface area (Å²) in [4.78, 5) is 16.7. The molecule has 3 rings (SSSR count). The lowest BCUT2D eigenvalue weighted by Gasteiger charge is -2.04. The molecule has 0 amide bonds. The van der Waals surface area contributed by atoms with Crippen LogP contribution in [-0.4, -0.2) is 10.8 Å². The number of carbonyl (C=O) groups excluding carboxylic acids is 1. The zero-order valence-electron chi connectivity index (χ0n) is 10.0. The van der Waals surface area contributed by atoms with Gasteiger partial charge in [-0.2, -0.15) is 0 Å². The molecule has 0 aliphatic carbocycles. The van der Waals surface area contributed by atoms with Crippen LogP contribution in [0.1, 0.15) is 16.1 Å². The number of hydrogen-bond acceptors (Lipinski definition) is 2. The molecule has 0 atom stereocenters. The molecule has 1 aromatic heterocycles. The molecule has 0 aliphatic rings. The second-order valence-corrected chi connectivity index (χ2v) is 5.13. The van der Waals surface area contributed by atoms with Gasteiger partial charge in [0.15, 0.2) is 0 Å². The van der Waals surface area contributed by atoms with Crippen LogP contribution < -0.4 is 0 Å². The number of rotatable bonds is 2. The minimum absolute atomic E-state index is 0.0516. The number of fused-ring (bicyclic) bond motifs is 1. The van der Waals surface area contributed by atoms with Crippen LogP contribution in [0.25, 0.3) is 10.8 Å². The molecule has 3 aromatic rings. The number of hydrogen-bond donors (Lipinski definition) is 0. The monoisotopic (exact) mass is 311 g/mol. The first-order chi connectivity index (χ1) is 9.25. The first-order valence-electron chi connectivity index (χ1n) is 5.90. The second kappa shape index (κ2) is 4.94. The number of nitrogens with zero attached hydrogens (tertiary/aromatic N) is 1. The van der Waals surface area contributed by atoms with Crippen molar-refractivity contribution in [3.63, 3.8) is 0 Å². The lowest BCUT2D eigenvalue weighted by Crippen LogP contribution is -2.04. The Bertz CT molecular complexity index is 745. The summed E-state index contributed by atoms with van der Waals surface area (Å²) in [7, 11) is 0. The average molecular weight is 312 g/mol. The smallest absolute Gasteiger partial charge is 0.211 e. The van der Waals surface area contributed by atoms with E-state index >= 15 is 0 Å². The fraction of sp³-hybridized carbons (Fsp3) is 0. The number of aromatic nitrogens is 1. The van der Waals surface area contributed by atoms with E-state index in [-0.39, 0.29) is 5.78 Å². The Morgan fingerprint density at radius 3 is 2.47 bits per heavy atom. The number of benzene rings is 2. The Morgan fingerprint density at radius 1 is 0.947 bits per heavy atom. The predicted molar refractivity (Wildman–Crippen MR) is 79.3 cm³/mol. The van der Waals surface area contributed by atoms with Gasteiger partial charge >= 0.3 is 0 Å². The standard InChI is InChI=1S/C16H10BrNO/c17-13-7-5-12(6-8-13)16(19)15-14-4-2-1-3-11(14)9-10-18-15/h1-10H. The van der Waals surface area contributed by atoms with E-state index in [0.29, 0.717) is 11.3 Å². The Labute approximate surface area is 119 Å². The number of pyridine rings is 1. The maximum absolute atomic E-state index is 12.5. The van der Waals surface area contributed by atoms with E-state index in [2.05, 4.69) is 20.9 Å². The van der Waals surface area contributed by atoms with Crippen molar-refractivity contribution in [3.05, 3.63) is 76.5 Å². The first-order valence-corrected chi connectivity index (χ1v) is 6.69. The average Bonchev–Trinajstić information content (AvgIpc) is 2.47. The summed E-state index contributed by atoms with van der Waals surface area (Å²) in [6.07, 6.45) is 1.68. The van der Waals surface area contributed by atoms with Gasteiger partial charge in [0.25, 0.3) is 0 Å². The van der Waals surface area contributed by atoms with Gasteiger partial charge in [0, 0.05) is 21.6 Å². The summed E-state index contributed by atoms with van der Waals surface area (Å²) in [6, 6.07) is 17.0. The fourth-order valence-corrected chi connectivity index (χ4v) is 2.30. The van der Waals surface area contributed by atoms with Crippen LogP contribution in [-0.2, 0) is 0 Å². The molecule has 0 spiro atoms. The van der Waals surface area contributed by atoms with Gasteiger partial charge < -0.3 is 0 Å². The molecule has 92 valence electrons. The predicted octanol–water partition coefficient (Wildman–Crippen LogP) is 4.23. The van der Waals surface area contributed by atoms with E-state index in [1.165, 1.54) is 0 Å². The molecule has 0 saturated heterocycles. The quantitative estimate of drug-likeness (QED) is 0.663. The van der Waals surface area contributed by atoms with E-state index < -0.39 is 0 Å². The van der Waals surface area contributed by atoms with Gasteiger partial charge in [0.2, 0.25) is 5.78 Å². The van der Waals surface area contributed by atoms with E-state index in [4.69, 9.17) is 0 Å². The summed E-state index contributed by atoms with van der Waals surface area (Å²) in [5.41, 5.74) is 1.15. The summed E-state index contributed by atoms with van der Waals surface area (Å²) in [5, 5.41) is 1.91. The highest BCUT2D eigenvalue weighted by Crippen LogP contribution is 2.20. The number of carbonyl (C=O) groups is 1. The molecular weight excluding hydrogens is 302 g/mol. The lowest BCUT2D eigenvalue weighted by molar-refractivity contribution is 0.103. The molecule has 19 heavy (non-hydrogen) atoms. The summed E-state index contributed by atoms with van der Waals surface area (Å²) >= 11 is 3.36. The Balaban J connectivity index is 2.14.